The second-order valence-electron chi connectivity index (χ2n) is 4.69. The first-order valence-corrected chi connectivity index (χ1v) is 6.29. The molecule has 0 atom stereocenters. The molecule has 1 amide bonds. The van der Waals surface area contributed by atoms with Crippen LogP contribution < -0.4 is 5.32 Å². The number of fused-ring (bicyclic) bond motifs is 1. The molecule has 0 saturated heterocycles. The van der Waals surface area contributed by atoms with Crippen molar-refractivity contribution in [2.75, 3.05) is 5.32 Å². The van der Waals surface area contributed by atoms with Crippen molar-refractivity contribution >= 4 is 32.6 Å². The van der Waals surface area contributed by atoms with Crippen molar-refractivity contribution in [2.45, 2.75) is 19.8 Å². The summed E-state index contributed by atoms with van der Waals surface area (Å²) in [6.45, 7) is 1.96. The minimum Gasteiger partial charge on any atom is -0.508 e. The van der Waals surface area contributed by atoms with Crippen molar-refractivity contribution < 1.29 is 9.90 Å². The molecule has 1 aliphatic carbocycles. The van der Waals surface area contributed by atoms with Gasteiger partial charge in [-0.25, -0.2) is 4.98 Å². The minimum atomic E-state index is -0.194. The van der Waals surface area contributed by atoms with E-state index in [1.54, 1.807) is 18.2 Å². The number of carbonyl (C=O) groups is 1. The number of amides is 1. The molecule has 1 heterocycles. The highest BCUT2D eigenvalue weighted by Gasteiger charge is 2.45. The van der Waals surface area contributed by atoms with Gasteiger partial charge in [0.2, 0.25) is 5.91 Å². The highest BCUT2D eigenvalue weighted by atomic mass is 32.1. The Balaban J connectivity index is 1.88. The Hall–Kier alpha value is -1.62. The first-order valence-electron chi connectivity index (χ1n) is 5.48. The van der Waals surface area contributed by atoms with Gasteiger partial charge >= 0.3 is 0 Å². The lowest BCUT2D eigenvalue weighted by Crippen LogP contribution is -2.21. The predicted molar refractivity (Wildman–Crippen MR) is 67.3 cm³/mol. The Labute approximate surface area is 102 Å². The number of nitrogens with one attached hydrogen (secondary N) is 1. The number of hydrogen-bond acceptors (Lipinski definition) is 4. The molecular weight excluding hydrogens is 236 g/mol. The van der Waals surface area contributed by atoms with E-state index in [9.17, 15) is 9.90 Å². The summed E-state index contributed by atoms with van der Waals surface area (Å²) in [5, 5.41) is 12.8. The van der Waals surface area contributed by atoms with Crippen LogP contribution >= 0.6 is 11.3 Å². The molecule has 88 valence electrons. The van der Waals surface area contributed by atoms with E-state index in [-0.39, 0.29) is 17.1 Å². The topological polar surface area (TPSA) is 62.2 Å². The van der Waals surface area contributed by atoms with Gasteiger partial charge in [-0.3, -0.25) is 4.79 Å². The highest BCUT2D eigenvalue weighted by Crippen LogP contribution is 2.46. The molecule has 1 aromatic heterocycles. The fraction of sp³-hybridized carbons (Fsp3) is 0.333. The van der Waals surface area contributed by atoms with Crippen LogP contribution in [0.25, 0.3) is 10.2 Å². The van der Waals surface area contributed by atoms with Gasteiger partial charge in [-0.05, 0) is 31.0 Å². The summed E-state index contributed by atoms with van der Waals surface area (Å²) >= 11 is 1.38. The van der Waals surface area contributed by atoms with Gasteiger partial charge in [-0.15, -0.1) is 0 Å². The van der Waals surface area contributed by atoms with E-state index in [2.05, 4.69) is 10.3 Å². The third-order valence-electron chi connectivity index (χ3n) is 3.14. The van der Waals surface area contributed by atoms with Crippen LogP contribution in [0.15, 0.2) is 18.2 Å². The maximum Gasteiger partial charge on any atom is 0.232 e. The quantitative estimate of drug-likeness (QED) is 0.859. The van der Waals surface area contributed by atoms with Crippen LogP contribution in [0, 0.1) is 5.41 Å². The SMILES string of the molecule is CC1(C(=O)Nc2nc3ccc(O)cc3s2)CC1. The number of aromatic hydroxyl groups is 1. The molecule has 17 heavy (non-hydrogen) atoms. The Kier molecular flexibility index (Phi) is 2.13. The number of anilines is 1. The van der Waals surface area contributed by atoms with E-state index < -0.39 is 0 Å². The highest BCUT2D eigenvalue weighted by molar-refractivity contribution is 7.22. The van der Waals surface area contributed by atoms with E-state index in [4.69, 9.17) is 0 Å². The zero-order chi connectivity index (χ0) is 12.0. The zero-order valence-corrected chi connectivity index (χ0v) is 10.2. The third-order valence-corrected chi connectivity index (χ3v) is 4.07. The Morgan fingerprint density at radius 2 is 2.29 bits per heavy atom. The molecule has 1 aliphatic rings. The lowest BCUT2D eigenvalue weighted by molar-refractivity contribution is -0.120. The number of hydrogen-bond donors (Lipinski definition) is 2. The summed E-state index contributed by atoms with van der Waals surface area (Å²) in [6, 6.07) is 4.99. The van der Waals surface area contributed by atoms with Crippen LogP contribution in [-0.2, 0) is 4.79 Å². The average molecular weight is 248 g/mol. The van der Waals surface area contributed by atoms with Gasteiger partial charge in [0.1, 0.15) is 5.75 Å². The Bertz CT molecular complexity index is 602. The number of rotatable bonds is 2. The minimum absolute atomic E-state index is 0.0424. The molecular formula is C12H12N2O2S. The van der Waals surface area contributed by atoms with Gasteiger partial charge in [0.05, 0.1) is 10.2 Å². The average Bonchev–Trinajstić information content (AvgIpc) is 2.90. The Morgan fingerprint density at radius 3 is 3.00 bits per heavy atom. The summed E-state index contributed by atoms with van der Waals surface area (Å²) in [6.07, 6.45) is 1.90. The van der Waals surface area contributed by atoms with Crippen LogP contribution in [-0.4, -0.2) is 16.0 Å². The standard InChI is InChI=1S/C12H12N2O2S/c1-12(4-5-12)10(16)14-11-13-8-3-2-7(15)6-9(8)17-11/h2-3,6,15H,4-5H2,1H3,(H,13,14,16). The number of phenols is 1. The molecule has 5 heteroatoms. The normalized spacial score (nSPS) is 17.0. The van der Waals surface area contributed by atoms with E-state index in [1.807, 2.05) is 6.92 Å². The summed E-state index contributed by atoms with van der Waals surface area (Å²) < 4.78 is 0.876. The molecule has 3 rings (SSSR count). The Morgan fingerprint density at radius 1 is 1.53 bits per heavy atom. The van der Waals surface area contributed by atoms with Crippen LogP contribution in [0.1, 0.15) is 19.8 Å². The predicted octanol–water partition coefficient (Wildman–Crippen LogP) is 2.74. The number of thiazole rings is 1. The van der Waals surface area contributed by atoms with Crippen LogP contribution in [0.3, 0.4) is 0 Å². The van der Waals surface area contributed by atoms with E-state index >= 15 is 0 Å². The fourth-order valence-corrected chi connectivity index (χ4v) is 2.52. The fourth-order valence-electron chi connectivity index (χ4n) is 1.63. The number of nitrogens with zero attached hydrogens (tertiary/aromatic N) is 1. The molecule has 1 aromatic carbocycles. The summed E-state index contributed by atoms with van der Waals surface area (Å²) in [5.41, 5.74) is 0.601. The number of benzene rings is 1. The zero-order valence-electron chi connectivity index (χ0n) is 9.36. The van der Waals surface area contributed by atoms with Crippen molar-refractivity contribution in [3.63, 3.8) is 0 Å². The van der Waals surface area contributed by atoms with Gasteiger partial charge in [0, 0.05) is 5.41 Å². The van der Waals surface area contributed by atoms with Gasteiger partial charge in [-0.1, -0.05) is 18.3 Å². The lowest BCUT2D eigenvalue weighted by atomic mass is 10.1. The van der Waals surface area contributed by atoms with Gasteiger partial charge in [-0.2, -0.15) is 0 Å². The van der Waals surface area contributed by atoms with Crippen molar-refractivity contribution in [2.24, 2.45) is 5.41 Å². The molecule has 0 aliphatic heterocycles. The van der Waals surface area contributed by atoms with Crippen molar-refractivity contribution in [1.82, 2.24) is 4.98 Å². The van der Waals surface area contributed by atoms with Crippen LogP contribution in [0.5, 0.6) is 5.75 Å². The molecule has 2 N–H and O–H groups in total. The smallest absolute Gasteiger partial charge is 0.232 e. The molecule has 4 nitrogen and oxygen atoms in total. The van der Waals surface area contributed by atoms with Crippen molar-refractivity contribution in [3.05, 3.63) is 18.2 Å². The monoisotopic (exact) mass is 248 g/mol. The maximum atomic E-state index is 11.8. The second kappa shape index (κ2) is 3.43. The van der Waals surface area contributed by atoms with Crippen LogP contribution in [0.2, 0.25) is 0 Å². The van der Waals surface area contributed by atoms with E-state index in [0.717, 1.165) is 23.1 Å². The number of aromatic nitrogens is 1. The van der Waals surface area contributed by atoms with Crippen LogP contribution in [0.4, 0.5) is 5.13 Å². The first-order chi connectivity index (χ1) is 8.07. The number of phenolic OH excluding ortho intramolecular Hbond substituents is 1. The van der Waals surface area contributed by atoms with Crippen molar-refractivity contribution in [1.29, 1.82) is 0 Å². The van der Waals surface area contributed by atoms with E-state index in [0.29, 0.717) is 5.13 Å². The van der Waals surface area contributed by atoms with Gasteiger partial charge in [0.15, 0.2) is 5.13 Å². The summed E-state index contributed by atoms with van der Waals surface area (Å²) in [7, 11) is 0. The third kappa shape index (κ3) is 1.86. The number of carbonyl (C=O) groups excluding carboxylic acids is 1. The molecule has 1 saturated carbocycles. The molecule has 1 fully saturated rings. The summed E-state index contributed by atoms with van der Waals surface area (Å²) in [4.78, 5) is 16.2. The molecule has 0 unspecified atom stereocenters. The largest absolute Gasteiger partial charge is 0.508 e. The van der Waals surface area contributed by atoms with E-state index in [1.165, 1.54) is 11.3 Å². The molecule has 0 spiro atoms. The molecule has 0 bridgehead atoms. The van der Waals surface area contributed by atoms with Gasteiger partial charge < -0.3 is 10.4 Å². The molecule has 0 radical (unpaired) electrons. The first kappa shape index (κ1) is 10.5. The lowest BCUT2D eigenvalue weighted by Gasteiger charge is -2.06. The van der Waals surface area contributed by atoms with Crippen molar-refractivity contribution in [3.8, 4) is 5.75 Å². The van der Waals surface area contributed by atoms with Gasteiger partial charge in [0.25, 0.3) is 0 Å². The summed E-state index contributed by atoms with van der Waals surface area (Å²) in [5.74, 6) is 0.258. The second-order valence-corrected chi connectivity index (χ2v) is 5.72. The molecule has 2 aromatic rings. The maximum absolute atomic E-state index is 11.8.